The molecule has 31 heteroatoms. The fraction of sp³-hybridized carbons (Fsp3) is 0.587. The zero-order valence-corrected chi connectivity index (χ0v) is 79.3. The number of esters is 2. The van der Waals surface area contributed by atoms with Crippen molar-refractivity contribution < 1.29 is 129 Å². The molecule has 10 saturated carbocycles. The third-order valence-corrected chi connectivity index (χ3v) is 34.1. The molecule has 15 aliphatic rings. The van der Waals surface area contributed by atoms with Crippen LogP contribution in [-0.4, -0.2) is 224 Å². The van der Waals surface area contributed by atoms with Crippen molar-refractivity contribution >= 4 is 105 Å². The summed E-state index contributed by atoms with van der Waals surface area (Å²) < 4.78 is 109. The van der Waals surface area contributed by atoms with Crippen molar-refractivity contribution in [3.8, 4) is 16.9 Å². The first kappa shape index (κ1) is 104. The predicted octanol–water partition coefficient (Wildman–Crippen LogP) is 14.6. The Hall–Kier alpha value is -8.27. The van der Waals surface area contributed by atoms with Gasteiger partial charge in [-0.15, -0.1) is 0 Å². The molecular weight excluding hydrogens is 1780 g/mol. The molecule has 0 aromatic heterocycles. The molecule has 3 heterocycles. The van der Waals surface area contributed by atoms with E-state index < -0.39 is 175 Å². The molecule has 12 aliphatic carbocycles. The van der Waals surface area contributed by atoms with Gasteiger partial charge in [-0.2, -0.15) is 0 Å². The molecule has 0 spiro atoms. The number of ketones is 6. The molecule has 0 bridgehead atoms. The first-order valence-corrected chi connectivity index (χ1v) is 48.7. The van der Waals surface area contributed by atoms with Gasteiger partial charge in [0, 0.05) is 93.8 Å². The number of carboxylic acids is 1. The molecular formula is C104H126F5N2NaO22S. The van der Waals surface area contributed by atoms with Gasteiger partial charge in [-0.3, -0.25) is 47.9 Å². The van der Waals surface area contributed by atoms with Crippen molar-refractivity contribution in [2.45, 2.75) is 264 Å². The van der Waals surface area contributed by atoms with Crippen LogP contribution in [0.3, 0.4) is 0 Å². The Labute approximate surface area is 809 Å². The van der Waals surface area contributed by atoms with Crippen LogP contribution in [0.15, 0.2) is 133 Å². The number of carboxylic acid groups (broad SMARTS) is 1. The monoisotopic (exact) mass is 1900 g/mol. The van der Waals surface area contributed by atoms with Gasteiger partial charge in [0.25, 0.3) is 11.8 Å². The molecule has 19 rings (SSSR count). The minimum absolute atomic E-state index is 0. The van der Waals surface area contributed by atoms with Gasteiger partial charge in [-0.05, 0) is 247 Å². The summed E-state index contributed by atoms with van der Waals surface area (Å²) in [6.07, 6.45) is 14.2. The summed E-state index contributed by atoms with van der Waals surface area (Å²) in [4.78, 5) is 135. The molecule has 135 heavy (non-hydrogen) atoms. The second kappa shape index (κ2) is 38.4. The number of aromatic carboxylic acids is 1. The number of carbonyl (C=O) groups excluding carboxylic acids is 10. The van der Waals surface area contributed by atoms with E-state index >= 15 is 13.2 Å². The maximum atomic E-state index is 17.2. The molecule has 726 valence electrons. The van der Waals surface area contributed by atoms with Gasteiger partial charge in [-0.25, -0.2) is 36.8 Å². The average molecular weight is 1910 g/mol. The quantitative estimate of drug-likeness (QED) is 0.0351. The summed E-state index contributed by atoms with van der Waals surface area (Å²) in [5, 5.41) is 65.2. The third-order valence-electron chi connectivity index (χ3n) is 34.1. The molecule has 4 aromatic rings. The number of carbonyl (C=O) groups is 11. The number of fused-ring (bicyclic) bond motifs is 20. The number of aliphatic hydroxyl groups excluding tert-OH is 4. The summed E-state index contributed by atoms with van der Waals surface area (Å²) in [5.41, 5.74) is -7.56. The number of aliphatic hydroxyl groups is 4. The topological polar surface area (TPSA) is 376 Å². The van der Waals surface area contributed by atoms with Crippen LogP contribution in [0.5, 0.6) is 5.75 Å². The first-order chi connectivity index (χ1) is 62.8. The number of ether oxygens (including phenoxy) is 4. The summed E-state index contributed by atoms with van der Waals surface area (Å²) in [7, 11) is 0. The van der Waals surface area contributed by atoms with Crippen molar-refractivity contribution in [1.29, 1.82) is 0 Å². The molecule has 11 fully saturated rings. The zero-order chi connectivity index (χ0) is 98.0. The van der Waals surface area contributed by atoms with Crippen LogP contribution in [0, 0.1) is 103 Å². The number of hydrogen-bond acceptors (Lipinski definition) is 21. The SMILES string of the molecule is CC(=O)[C@H]1CC[C@H]2[C@@H]3C[C@H](C)C4=CC(=O)C=C[C@]4(C)[C@H]3[C@@H](O)C[C@]12C.CC1(C)O[C@@H]2C[C@H]3[C@@H]4CC[C@H]5CC(=O)CC[C@]5(C)[C@@]4(F)[C@@H](O)C[C@]3(C)[C@]2(C(=O)CO)O1.CCCC(=O)O[C@]1(C(=O)COC(C)=O)CC[C@H]2[C@@H]3C[C@H](F)C4=CC(=O)C=C[C@]4(C)[C@@]3(F)[C@@H](O)C[C@@]21C.C[S+](C)[O-].O=C(O)c1cc(-c2ccc(F)cc2F)ccc1O.O=C1c2ccccc2CN2C(=O)c3ccccc3CN12.[NaH]. The van der Waals surface area contributed by atoms with Gasteiger partial charge in [-0.1, -0.05) is 120 Å². The van der Waals surface area contributed by atoms with E-state index in [-0.39, 0.29) is 154 Å². The van der Waals surface area contributed by atoms with E-state index in [1.165, 1.54) is 36.8 Å². The molecule has 2 amide bonds. The van der Waals surface area contributed by atoms with E-state index in [1.807, 2.05) is 68.5 Å². The molecule has 4 aromatic carbocycles. The van der Waals surface area contributed by atoms with Gasteiger partial charge in [0.05, 0.1) is 50.0 Å². The van der Waals surface area contributed by atoms with Crippen LogP contribution in [0.1, 0.15) is 234 Å². The van der Waals surface area contributed by atoms with Crippen molar-refractivity contribution in [3.05, 3.63) is 172 Å². The van der Waals surface area contributed by atoms with Crippen LogP contribution in [0.4, 0.5) is 22.0 Å². The molecule has 24 nitrogen and oxygen atoms in total. The number of hydrazine groups is 1. The summed E-state index contributed by atoms with van der Waals surface area (Å²) >= 11 is -0.611. The number of halogens is 5. The van der Waals surface area contributed by atoms with E-state index in [0.717, 1.165) is 68.0 Å². The Morgan fingerprint density at radius 1 is 0.659 bits per heavy atom. The number of allylic oxidation sites excluding steroid dienone is 8. The molecule has 3 aliphatic heterocycles. The fourth-order valence-corrected chi connectivity index (χ4v) is 28.3. The number of hydrogen-bond donors (Lipinski definition) is 6. The second-order valence-electron chi connectivity index (χ2n) is 41.9. The van der Waals surface area contributed by atoms with Gasteiger partial charge >= 0.3 is 47.5 Å². The zero-order valence-electron chi connectivity index (χ0n) is 78.5. The van der Waals surface area contributed by atoms with Gasteiger partial charge in [0.2, 0.25) is 5.78 Å². The average Bonchev–Trinajstić information content (AvgIpc) is 1.52. The van der Waals surface area contributed by atoms with E-state index in [0.29, 0.717) is 93.0 Å². The van der Waals surface area contributed by atoms with Crippen LogP contribution >= 0.6 is 0 Å². The van der Waals surface area contributed by atoms with Crippen molar-refractivity contribution in [2.75, 3.05) is 25.7 Å². The summed E-state index contributed by atoms with van der Waals surface area (Å²) in [6, 6.07) is 21.6. The van der Waals surface area contributed by atoms with Gasteiger partial charge in [0.15, 0.2) is 46.6 Å². The van der Waals surface area contributed by atoms with Crippen molar-refractivity contribution in [3.63, 3.8) is 0 Å². The van der Waals surface area contributed by atoms with Crippen LogP contribution < -0.4 is 0 Å². The Balaban J connectivity index is 0.000000144. The van der Waals surface area contributed by atoms with E-state index in [9.17, 15) is 91.6 Å². The second-order valence-corrected chi connectivity index (χ2v) is 43.4. The summed E-state index contributed by atoms with van der Waals surface area (Å²) in [5.74, 6) is -7.49. The number of rotatable bonds is 11. The molecule has 0 unspecified atom stereocenters. The number of phenols is 1. The molecule has 1 saturated heterocycles. The molecule has 25 atom stereocenters. The molecule has 0 radical (unpaired) electrons. The van der Waals surface area contributed by atoms with Crippen LogP contribution in [0.25, 0.3) is 11.1 Å². The van der Waals surface area contributed by atoms with E-state index in [4.69, 9.17) is 24.1 Å². The number of benzene rings is 4. The third kappa shape index (κ3) is 17.4. The van der Waals surface area contributed by atoms with E-state index in [1.54, 1.807) is 63.2 Å². The first-order valence-electron chi connectivity index (χ1n) is 46.7. The Morgan fingerprint density at radius 3 is 1.84 bits per heavy atom. The van der Waals surface area contributed by atoms with Gasteiger partial charge < -0.3 is 54.1 Å². The van der Waals surface area contributed by atoms with Crippen LogP contribution in [0.2, 0.25) is 0 Å². The standard InChI is InChI=1S/C27H34F2O7.C24H35FO6.C22H30O3.C16H12N2O2.C13H8F2O3.C2H6OS.Na.H/c1-5-6-23(34)36-26(22(33)14-35-15(2)30)10-8-17-18-12-20(28)19-11-16(31)7-9-24(19,3)27(18,29)21(32)13-25(17,26)4;1-20(2)30-19-10-16-15-6-5-13-9-14(27)7-8-21(13,3)23(15,25)17(28)11-22(16,4)24(19,31-20)18(29)12-26;1-12-9-15-17-6-5-16(13(2)23)22(17,4)11-19(25)20(15)21(3)8-7-14(24)10-18(12)21;19-15-13-7-3-1-5-11(13)9-17-16(20)14-8-4-2-6-12(14)10-18(15)17;14-8-2-3-9(11(15)6-8)7-1-4-12(16)10(5-7)13(17)18;1-4(2)3;;/h7,9,11,17-18,20-21,32H,5-6,8,10,12-14H2,1-4H3;13,15-17,19,26,28H,5-12H2,1-4H3;7-8,10,12,15-17,19-20,25H,5-6,9,11H2,1-4H3;1-8H,9-10H2;1-6,16H,(H,17,18);1-2H3;;/t17-,18-,20-,21-,24-,25-,26-,27-;13-,15-,16-,17-,19+,21-,22-,23-,24+;12-,15-,16+,17-,19-,20+,21-,22+;;;;;/m000...../s1. The number of Topliss-reactive ketones (excluding diaryl/α,β-unsaturated/α-hetero) is 4. The molecule has 6 N–H and O–H groups in total. The normalized spacial score (nSPS) is 37.8. The van der Waals surface area contributed by atoms with E-state index in [2.05, 4.69) is 26.8 Å². The fourth-order valence-electron chi connectivity index (χ4n) is 28.3. The summed E-state index contributed by atoms with van der Waals surface area (Å²) in [6.45, 7) is 21.5. The maximum absolute atomic E-state index is 17.2. The Morgan fingerprint density at radius 2 is 1.25 bits per heavy atom. The number of alkyl halides is 3. The Bertz CT molecular complexity index is 5460. The van der Waals surface area contributed by atoms with Gasteiger partial charge in [0.1, 0.15) is 53.0 Å². The number of nitrogens with zero attached hydrogens (tertiary/aromatic N) is 2. The predicted molar refractivity (Wildman–Crippen MR) is 490 cm³/mol. The number of aromatic hydroxyl groups is 1. The Kier molecular flexibility index (Phi) is 29.6. The van der Waals surface area contributed by atoms with Crippen LogP contribution in [-0.2, 0) is 81.6 Å². The minimum atomic E-state index is -2.30. The number of amides is 2. The van der Waals surface area contributed by atoms with Crippen molar-refractivity contribution in [1.82, 2.24) is 10.0 Å². The van der Waals surface area contributed by atoms with Crippen molar-refractivity contribution in [2.24, 2.45) is 91.7 Å².